The third kappa shape index (κ3) is 2.51. The first-order valence-corrected chi connectivity index (χ1v) is 5.98. The summed E-state index contributed by atoms with van der Waals surface area (Å²) in [6.45, 7) is 2.04. The number of carbonyl (C=O) groups is 1. The van der Waals surface area contributed by atoms with Gasteiger partial charge in [0, 0.05) is 5.92 Å². The molecule has 0 aromatic carbocycles. The Morgan fingerprint density at radius 1 is 1.80 bits per heavy atom. The molecule has 2 atom stereocenters. The smallest absolute Gasteiger partial charge is 0.336 e. The van der Waals surface area contributed by atoms with Gasteiger partial charge in [0.25, 0.3) is 0 Å². The zero-order chi connectivity index (χ0) is 11.5. The van der Waals surface area contributed by atoms with Crippen LogP contribution < -0.4 is 0 Å². The summed E-state index contributed by atoms with van der Waals surface area (Å²) in [6, 6.07) is 2.09. The molecule has 4 heteroatoms. The lowest BCUT2D eigenvalue weighted by Crippen LogP contribution is -2.39. The second-order valence-electron chi connectivity index (χ2n) is 3.83. The Morgan fingerprint density at radius 3 is 2.93 bits per heavy atom. The van der Waals surface area contributed by atoms with Gasteiger partial charge in [0.05, 0.1) is 13.2 Å². The topological polar surface area (TPSA) is 50.1 Å². The molecule has 0 radical (unpaired) electrons. The van der Waals surface area contributed by atoms with E-state index in [-0.39, 0.29) is 5.92 Å². The van der Waals surface area contributed by atoms with E-state index in [4.69, 9.17) is 10.00 Å². The summed E-state index contributed by atoms with van der Waals surface area (Å²) in [5, 5.41) is 9.14. The summed E-state index contributed by atoms with van der Waals surface area (Å²) in [7, 11) is 1.33. The van der Waals surface area contributed by atoms with Gasteiger partial charge in [-0.2, -0.15) is 5.26 Å². The van der Waals surface area contributed by atoms with Crippen LogP contribution in [0.5, 0.6) is 0 Å². The van der Waals surface area contributed by atoms with Crippen LogP contribution in [0.25, 0.3) is 0 Å². The van der Waals surface area contributed by atoms with Gasteiger partial charge in [-0.25, -0.2) is 4.79 Å². The van der Waals surface area contributed by atoms with Crippen molar-refractivity contribution in [3.05, 3.63) is 11.6 Å². The number of alkyl halides is 1. The maximum absolute atomic E-state index is 11.6. The number of esters is 1. The summed E-state index contributed by atoms with van der Waals surface area (Å²) in [5.74, 6) is -0.467. The molecular weight excluding hydrogens is 305 g/mol. The molecule has 0 aliphatic heterocycles. The van der Waals surface area contributed by atoms with Crippen molar-refractivity contribution in [1.29, 1.82) is 5.26 Å². The van der Waals surface area contributed by atoms with E-state index in [9.17, 15) is 4.79 Å². The Morgan fingerprint density at radius 2 is 2.47 bits per heavy atom. The van der Waals surface area contributed by atoms with Gasteiger partial charge < -0.3 is 4.74 Å². The van der Waals surface area contributed by atoms with Gasteiger partial charge in [-0.3, -0.25) is 0 Å². The van der Waals surface area contributed by atoms with E-state index in [0.29, 0.717) is 0 Å². The van der Waals surface area contributed by atoms with Gasteiger partial charge in [0.15, 0.2) is 0 Å². The molecule has 0 N–H and O–H groups in total. The highest BCUT2D eigenvalue weighted by Crippen LogP contribution is 2.37. The van der Waals surface area contributed by atoms with Crippen molar-refractivity contribution in [3.63, 3.8) is 0 Å². The third-order valence-electron chi connectivity index (χ3n) is 2.73. The van der Waals surface area contributed by atoms with Crippen LogP contribution in [0.4, 0.5) is 0 Å². The van der Waals surface area contributed by atoms with Crippen molar-refractivity contribution < 1.29 is 9.53 Å². The van der Waals surface area contributed by atoms with Crippen molar-refractivity contribution in [2.75, 3.05) is 7.11 Å². The fourth-order valence-corrected chi connectivity index (χ4v) is 2.56. The molecule has 0 bridgehead atoms. The van der Waals surface area contributed by atoms with Crippen molar-refractivity contribution in [3.8, 4) is 6.07 Å². The Bertz CT molecular complexity index is 332. The molecule has 2 unspecified atom stereocenters. The predicted molar refractivity (Wildman–Crippen MR) is 65.5 cm³/mol. The first-order valence-electron chi connectivity index (χ1n) is 4.90. The van der Waals surface area contributed by atoms with Crippen LogP contribution in [0.15, 0.2) is 11.6 Å². The Balaban J connectivity index is 2.97. The molecule has 0 aromatic rings. The van der Waals surface area contributed by atoms with Crippen molar-refractivity contribution in [1.82, 2.24) is 0 Å². The van der Waals surface area contributed by atoms with Gasteiger partial charge >= 0.3 is 5.97 Å². The standard InChI is InChI=1S/C11H14INO2/c1-8-4-3-5-9(6-8)11(12,7-13)10(14)15-2/h6,9H,3-5H2,1-2H3. The summed E-state index contributed by atoms with van der Waals surface area (Å²) in [5.41, 5.74) is 1.26. The minimum Gasteiger partial charge on any atom is -0.467 e. The van der Waals surface area contributed by atoms with Crippen molar-refractivity contribution in [2.24, 2.45) is 5.92 Å². The van der Waals surface area contributed by atoms with Crippen molar-refractivity contribution in [2.45, 2.75) is 29.6 Å². The van der Waals surface area contributed by atoms with E-state index in [1.165, 1.54) is 12.7 Å². The van der Waals surface area contributed by atoms with E-state index in [2.05, 4.69) is 6.07 Å². The SMILES string of the molecule is COC(=O)C(I)(C#N)C1C=C(C)CCC1. The molecule has 0 fully saturated rings. The van der Waals surface area contributed by atoms with Crippen LogP contribution in [0.2, 0.25) is 0 Å². The molecule has 0 spiro atoms. The molecule has 0 saturated carbocycles. The molecule has 1 aliphatic rings. The number of rotatable bonds is 2. The Kier molecular flexibility index (Phi) is 4.14. The van der Waals surface area contributed by atoms with Gasteiger partial charge in [-0.15, -0.1) is 0 Å². The zero-order valence-electron chi connectivity index (χ0n) is 8.92. The Hall–Kier alpha value is -0.570. The molecule has 1 aliphatic carbocycles. The van der Waals surface area contributed by atoms with E-state index in [0.717, 1.165) is 19.3 Å². The van der Waals surface area contributed by atoms with Crippen LogP contribution in [0.1, 0.15) is 26.2 Å². The van der Waals surface area contributed by atoms with E-state index in [1.807, 2.05) is 35.6 Å². The Labute approximate surface area is 104 Å². The minimum absolute atomic E-state index is 0.0238. The maximum Gasteiger partial charge on any atom is 0.336 e. The number of nitrogens with zero attached hydrogens (tertiary/aromatic N) is 1. The first kappa shape index (κ1) is 12.5. The lowest BCUT2D eigenvalue weighted by Gasteiger charge is -2.28. The van der Waals surface area contributed by atoms with Crippen LogP contribution in [0.3, 0.4) is 0 Å². The summed E-state index contributed by atoms with van der Waals surface area (Å²) in [4.78, 5) is 11.6. The van der Waals surface area contributed by atoms with Crippen molar-refractivity contribution >= 4 is 28.6 Å². The quantitative estimate of drug-likeness (QED) is 0.340. The number of methoxy groups -OCH3 is 1. The van der Waals surface area contributed by atoms with Crippen LogP contribution >= 0.6 is 22.6 Å². The summed E-state index contributed by atoms with van der Waals surface area (Å²) < 4.78 is 3.64. The zero-order valence-corrected chi connectivity index (χ0v) is 11.1. The average molecular weight is 319 g/mol. The number of halogens is 1. The molecule has 0 saturated heterocycles. The first-order chi connectivity index (χ1) is 7.04. The van der Waals surface area contributed by atoms with Crippen LogP contribution in [0, 0.1) is 17.2 Å². The largest absolute Gasteiger partial charge is 0.467 e. The normalized spacial score (nSPS) is 24.7. The van der Waals surface area contributed by atoms with Gasteiger partial charge in [0.1, 0.15) is 0 Å². The van der Waals surface area contributed by atoms with E-state index < -0.39 is 9.39 Å². The highest BCUT2D eigenvalue weighted by Gasteiger charge is 2.44. The number of carbonyl (C=O) groups excluding carboxylic acids is 1. The molecule has 3 nitrogen and oxygen atoms in total. The number of hydrogen-bond donors (Lipinski definition) is 0. The predicted octanol–water partition coefficient (Wildman–Crippen LogP) is 2.60. The van der Waals surface area contributed by atoms with Gasteiger partial charge in [0.2, 0.25) is 3.42 Å². The number of ether oxygens (including phenoxy) is 1. The highest BCUT2D eigenvalue weighted by atomic mass is 127. The fraction of sp³-hybridized carbons (Fsp3) is 0.636. The number of nitriles is 1. The highest BCUT2D eigenvalue weighted by molar-refractivity contribution is 14.1. The second-order valence-corrected chi connectivity index (χ2v) is 5.53. The monoisotopic (exact) mass is 319 g/mol. The minimum atomic E-state index is -1.06. The number of hydrogen-bond acceptors (Lipinski definition) is 3. The summed E-state index contributed by atoms with van der Waals surface area (Å²) in [6.07, 6.45) is 5.02. The second kappa shape index (κ2) is 4.97. The van der Waals surface area contributed by atoms with Gasteiger partial charge in [-0.1, -0.05) is 11.6 Å². The average Bonchev–Trinajstić information content (AvgIpc) is 2.26. The number of allylic oxidation sites excluding steroid dienone is 2. The maximum atomic E-state index is 11.6. The molecule has 15 heavy (non-hydrogen) atoms. The van der Waals surface area contributed by atoms with E-state index >= 15 is 0 Å². The molecule has 0 heterocycles. The molecule has 0 amide bonds. The fourth-order valence-electron chi connectivity index (χ4n) is 1.85. The van der Waals surface area contributed by atoms with Crippen LogP contribution in [-0.2, 0) is 9.53 Å². The lowest BCUT2D eigenvalue weighted by molar-refractivity contribution is -0.142. The summed E-state index contributed by atoms with van der Waals surface area (Å²) >= 11 is 1.91. The van der Waals surface area contributed by atoms with Crippen LogP contribution in [-0.4, -0.2) is 16.5 Å². The third-order valence-corrected chi connectivity index (χ3v) is 4.21. The molecule has 0 aromatic heterocycles. The molecule has 82 valence electrons. The lowest BCUT2D eigenvalue weighted by atomic mass is 9.82. The van der Waals surface area contributed by atoms with Gasteiger partial charge in [-0.05, 0) is 48.8 Å². The molecule has 1 rings (SSSR count). The molecular formula is C11H14INO2. The van der Waals surface area contributed by atoms with E-state index in [1.54, 1.807) is 0 Å².